The Kier molecular flexibility index (Phi) is 12.6. The number of benzene rings is 3. The summed E-state index contributed by atoms with van der Waals surface area (Å²) < 4.78 is 27.9. The molecule has 6 nitrogen and oxygen atoms in total. The molecule has 0 fully saturated rings. The molecule has 0 aliphatic rings. The number of carbonyl (C=O) groups excluding carboxylic acids is 2. The van der Waals surface area contributed by atoms with Crippen LogP contribution in [-0.4, -0.2) is 53.6 Å². The quantitative estimate of drug-likeness (QED) is 0.219. The molecule has 42 heavy (non-hydrogen) atoms. The van der Waals surface area contributed by atoms with Crippen LogP contribution in [0.25, 0.3) is 0 Å². The molecule has 3 aromatic rings. The number of aliphatic hydroxyl groups is 1. The number of amides is 2. The summed E-state index contributed by atoms with van der Waals surface area (Å²) in [5.74, 6) is -2.10. The lowest BCUT2D eigenvalue weighted by atomic mass is 9.99. The SMILES string of the molecule is CCCCN(CC)C(=O)c1cc(C)cc(C(=O)N[C@@H](Cc2cc(F)cc(F)c2)[C@H](O)CNCc2cccc(CC)c2)c1. The van der Waals surface area contributed by atoms with E-state index in [2.05, 4.69) is 36.6 Å². The summed E-state index contributed by atoms with van der Waals surface area (Å²) >= 11 is 0. The average Bonchev–Trinajstić information content (AvgIpc) is 2.96. The van der Waals surface area contributed by atoms with Gasteiger partial charge in [-0.1, -0.05) is 44.5 Å². The zero-order chi connectivity index (χ0) is 30.6. The molecule has 0 radical (unpaired) electrons. The van der Waals surface area contributed by atoms with Gasteiger partial charge in [-0.15, -0.1) is 0 Å². The number of hydrogen-bond donors (Lipinski definition) is 3. The number of unbranched alkanes of at least 4 members (excludes halogenated alkanes) is 1. The lowest BCUT2D eigenvalue weighted by molar-refractivity contribution is 0.0762. The van der Waals surface area contributed by atoms with Crippen molar-refractivity contribution in [2.24, 2.45) is 0 Å². The van der Waals surface area contributed by atoms with Crippen molar-refractivity contribution < 1.29 is 23.5 Å². The fourth-order valence-electron chi connectivity index (χ4n) is 4.96. The second-order valence-corrected chi connectivity index (χ2v) is 10.8. The molecule has 0 saturated carbocycles. The van der Waals surface area contributed by atoms with Crippen molar-refractivity contribution in [2.75, 3.05) is 19.6 Å². The van der Waals surface area contributed by atoms with E-state index in [1.54, 1.807) is 23.1 Å². The van der Waals surface area contributed by atoms with Crippen molar-refractivity contribution in [1.82, 2.24) is 15.5 Å². The first kappa shape index (κ1) is 32.9. The second kappa shape index (κ2) is 16.1. The topological polar surface area (TPSA) is 81.7 Å². The van der Waals surface area contributed by atoms with Gasteiger partial charge >= 0.3 is 0 Å². The highest BCUT2D eigenvalue weighted by Gasteiger charge is 2.24. The molecule has 0 saturated heterocycles. The zero-order valence-electron chi connectivity index (χ0n) is 25.1. The summed E-state index contributed by atoms with van der Waals surface area (Å²) in [6.07, 6.45) is 1.70. The van der Waals surface area contributed by atoms with Gasteiger partial charge in [0.05, 0.1) is 12.1 Å². The molecule has 0 aromatic heterocycles. The monoisotopic (exact) mass is 579 g/mol. The summed E-state index contributed by atoms with van der Waals surface area (Å²) in [6, 6.07) is 15.4. The molecule has 3 aromatic carbocycles. The van der Waals surface area contributed by atoms with Gasteiger partial charge in [0, 0.05) is 43.4 Å². The highest BCUT2D eigenvalue weighted by Crippen LogP contribution is 2.16. The van der Waals surface area contributed by atoms with Crippen LogP contribution in [0.2, 0.25) is 0 Å². The van der Waals surface area contributed by atoms with Gasteiger partial charge < -0.3 is 20.6 Å². The predicted octanol–water partition coefficient (Wildman–Crippen LogP) is 5.59. The number of halogens is 2. The number of rotatable bonds is 15. The normalized spacial score (nSPS) is 12.5. The Morgan fingerprint density at radius 1 is 0.905 bits per heavy atom. The van der Waals surface area contributed by atoms with E-state index < -0.39 is 29.7 Å². The van der Waals surface area contributed by atoms with Gasteiger partial charge in [-0.05, 0) is 85.7 Å². The molecule has 3 N–H and O–H groups in total. The minimum absolute atomic E-state index is 0.00677. The van der Waals surface area contributed by atoms with Crippen LogP contribution < -0.4 is 10.6 Å². The maximum Gasteiger partial charge on any atom is 0.253 e. The molecule has 0 bridgehead atoms. The number of aryl methyl sites for hydroxylation is 2. The molecule has 0 unspecified atom stereocenters. The first-order valence-corrected chi connectivity index (χ1v) is 14.8. The van der Waals surface area contributed by atoms with Crippen LogP contribution in [-0.2, 0) is 19.4 Å². The predicted molar refractivity (Wildman–Crippen MR) is 163 cm³/mol. The van der Waals surface area contributed by atoms with Crippen LogP contribution in [0.4, 0.5) is 8.78 Å². The van der Waals surface area contributed by atoms with E-state index in [0.717, 1.165) is 36.5 Å². The molecule has 8 heteroatoms. The van der Waals surface area contributed by atoms with E-state index in [-0.39, 0.29) is 24.4 Å². The van der Waals surface area contributed by atoms with Crippen LogP contribution >= 0.6 is 0 Å². The molecule has 0 heterocycles. The Labute approximate surface area is 248 Å². The number of aliphatic hydroxyl groups excluding tert-OH is 1. The van der Waals surface area contributed by atoms with Crippen LogP contribution in [0, 0.1) is 18.6 Å². The smallest absolute Gasteiger partial charge is 0.253 e. The summed E-state index contributed by atoms with van der Waals surface area (Å²) in [4.78, 5) is 28.4. The highest BCUT2D eigenvalue weighted by molar-refractivity contribution is 6.00. The first-order valence-electron chi connectivity index (χ1n) is 14.8. The number of hydrogen-bond acceptors (Lipinski definition) is 4. The fourth-order valence-corrected chi connectivity index (χ4v) is 4.96. The van der Waals surface area contributed by atoms with Gasteiger partial charge in [-0.3, -0.25) is 9.59 Å². The Morgan fingerprint density at radius 3 is 2.26 bits per heavy atom. The minimum atomic E-state index is -1.06. The maximum atomic E-state index is 14.0. The van der Waals surface area contributed by atoms with Crippen LogP contribution in [0.5, 0.6) is 0 Å². The molecule has 3 rings (SSSR count). The van der Waals surface area contributed by atoms with Crippen molar-refractivity contribution in [3.05, 3.63) is 106 Å². The molecular formula is C34H43F2N3O3. The number of nitrogens with one attached hydrogen (secondary N) is 2. The van der Waals surface area contributed by atoms with E-state index in [1.807, 2.05) is 26.0 Å². The van der Waals surface area contributed by atoms with Crippen molar-refractivity contribution in [3.8, 4) is 0 Å². The molecular weight excluding hydrogens is 536 g/mol. The molecule has 0 aliphatic carbocycles. The Hall–Kier alpha value is -3.62. The summed E-state index contributed by atoms with van der Waals surface area (Å²) in [5, 5.41) is 17.2. The number of carbonyl (C=O) groups is 2. The van der Waals surface area contributed by atoms with Crippen LogP contribution in [0.3, 0.4) is 0 Å². The minimum Gasteiger partial charge on any atom is -0.390 e. The van der Waals surface area contributed by atoms with Crippen molar-refractivity contribution in [3.63, 3.8) is 0 Å². The van der Waals surface area contributed by atoms with Crippen molar-refractivity contribution in [1.29, 1.82) is 0 Å². The van der Waals surface area contributed by atoms with Gasteiger partial charge in [-0.2, -0.15) is 0 Å². The summed E-state index contributed by atoms with van der Waals surface area (Å²) in [5.41, 5.74) is 4.01. The van der Waals surface area contributed by atoms with E-state index >= 15 is 0 Å². The van der Waals surface area contributed by atoms with Crippen molar-refractivity contribution >= 4 is 11.8 Å². The largest absolute Gasteiger partial charge is 0.390 e. The summed E-state index contributed by atoms with van der Waals surface area (Å²) in [6.45, 7) is 9.73. The third-order valence-electron chi connectivity index (χ3n) is 7.28. The average molecular weight is 580 g/mol. The Bertz CT molecular complexity index is 1330. The van der Waals surface area contributed by atoms with E-state index in [4.69, 9.17) is 0 Å². The fraction of sp³-hybridized carbons (Fsp3) is 0.412. The second-order valence-electron chi connectivity index (χ2n) is 10.8. The first-order chi connectivity index (χ1) is 20.1. The number of nitrogens with zero attached hydrogens (tertiary/aromatic N) is 1. The summed E-state index contributed by atoms with van der Waals surface area (Å²) in [7, 11) is 0. The van der Waals surface area contributed by atoms with Gasteiger partial charge in [-0.25, -0.2) is 8.78 Å². The highest BCUT2D eigenvalue weighted by atomic mass is 19.1. The Morgan fingerprint density at radius 2 is 1.60 bits per heavy atom. The molecule has 2 atom stereocenters. The molecule has 0 aliphatic heterocycles. The molecule has 2 amide bonds. The van der Waals surface area contributed by atoms with Gasteiger partial charge in [0.2, 0.25) is 0 Å². The standard InChI is InChI=1S/C34H43F2N3O3/c1-5-8-12-39(7-3)34(42)28-14-23(4)13-27(19-28)33(41)38-31(18-26-16-29(35)20-30(36)17-26)32(40)22-37-21-25-11-9-10-24(6-2)15-25/h9-11,13-17,19-20,31-32,37,40H,5-8,12,18,21-22H2,1-4H3,(H,38,41)/t31-,32+/m0/s1. The van der Waals surface area contributed by atoms with Gasteiger partial charge in [0.25, 0.3) is 11.8 Å². The van der Waals surface area contributed by atoms with Gasteiger partial charge in [0.15, 0.2) is 0 Å². The van der Waals surface area contributed by atoms with E-state index in [1.165, 1.54) is 17.7 Å². The van der Waals surface area contributed by atoms with Crippen molar-refractivity contribution in [2.45, 2.75) is 72.1 Å². The third-order valence-corrected chi connectivity index (χ3v) is 7.28. The third kappa shape index (κ3) is 9.74. The van der Waals surface area contributed by atoms with E-state index in [0.29, 0.717) is 30.8 Å². The lowest BCUT2D eigenvalue weighted by Crippen LogP contribution is -2.48. The van der Waals surface area contributed by atoms with Crippen LogP contribution in [0.1, 0.15) is 76.6 Å². The zero-order valence-corrected chi connectivity index (χ0v) is 25.1. The van der Waals surface area contributed by atoms with E-state index in [9.17, 15) is 23.5 Å². The van der Waals surface area contributed by atoms with Crippen LogP contribution in [0.15, 0.2) is 60.7 Å². The lowest BCUT2D eigenvalue weighted by Gasteiger charge is -2.25. The maximum absolute atomic E-state index is 14.0. The Balaban J connectivity index is 1.79. The molecule has 0 spiro atoms. The van der Waals surface area contributed by atoms with Gasteiger partial charge in [0.1, 0.15) is 11.6 Å². The molecule has 226 valence electrons.